The van der Waals surface area contributed by atoms with E-state index in [1.54, 1.807) is 4.90 Å². The topological polar surface area (TPSA) is 79.1 Å². The SMILES string of the molecule is N#Cc1nnc2ccccc2c1-c1ccc(N2CCOCC2=O)cc1. The number of nitrogens with zero attached hydrogens (tertiary/aromatic N) is 4. The smallest absolute Gasteiger partial charge is 0.253 e. The van der Waals surface area contributed by atoms with Crippen molar-refractivity contribution < 1.29 is 9.53 Å². The summed E-state index contributed by atoms with van der Waals surface area (Å²) < 4.78 is 5.16. The number of hydrogen-bond acceptors (Lipinski definition) is 5. The molecule has 0 N–H and O–H groups in total. The molecule has 0 atom stereocenters. The zero-order chi connectivity index (χ0) is 17.2. The van der Waals surface area contributed by atoms with Gasteiger partial charge in [0.1, 0.15) is 12.7 Å². The first-order valence-corrected chi connectivity index (χ1v) is 7.92. The maximum absolute atomic E-state index is 12.0. The molecule has 0 radical (unpaired) electrons. The summed E-state index contributed by atoms with van der Waals surface area (Å²) in [7, 11) is 0. The van der Waals surface area contributed by atoms with Crippen molar-refractivity contribution in [2.24, 2.45) is 0 Å². The van der Waals surface area contributed by atoms with Gasteiger partial charge in [-0.2, -0.15) is 5.26 Å². The number of fused-ring (bicyclic) bond motifs is 1. The van der Waals surface area contributed by atoms with Crippen LogP contribution in [0.2, 0.25) is 0 Å². The number of rotatable bonds is 2. The van der Waals surface area contributed by atoms with Crippen molar-refractivity contribution in [2.45, 2.75) is 0 Å². The summed E-state index contributed by atoms with van der Waals surface area (Å²) in [5.74, 6) is -0.0484. The van der Waals surface area contributed by atoms with Crippen LogP contribution in [0.4, 0.5) is 5.69 Å². The van der Waals surface area contributed by atoms with Crippen molar-refractivity contribution in [3.8, 4) is 17.2 Å². The molecule has 1 fully saturated rings. The molecule has 3 aromatic rings. The van der Waals surface area contributed by atoms with Crippen LogP contribution in [0.5, 0.6) is 0 Å². The number of ether oxygens (including phenoxy) is 1. The number of morpholine rings is 1. The molecule has 0 bridgehead atoms. The Bertz CT molecular complexity index is 992. The summed E-state index contributed by atoms with van der Waals surface area (Å²) in [6.45, 7) is 1.19. The number of aromatic nitrogens is 2. The largest absolute Gasteiger partial charge is 0.370 e. The highest BCUT2D eigenvalue weighted by Crippen LogP contribution is 2.31. The lowest BCUT2D eigenvalue weighted by Crippen LogP contribution is -2.41. The zero-order valence-corrected chi connectivity index (χ0v) is 13.3. The van der Waals surface area contributed by atoms with Crippen LogP contribution in [0.3, 0.4) is 0 Å². The minimum absolute atomic E-state index is 0.0484. The Morgan fingerprint density at radius 1 is 1.08 bits per heavy atom. The predicted molar refractivity (Wildman–Crippen MR) is 92.9 cm³/mol. The summed E-state index contributed by atoms with van der Waals surface area (Å²) in [6, 6.07) is 17.3. The highest BCUT2D eigenvalue weighted by Gasteiger charge is 2.20. The lowest BCUT2D eigenvalue weighted by atomic mass is 9.99. The van der Waals surface area contributed by atoms with E-state index in [9.17, 15) is 10.1 Å². The van der Waals surface area contributed by atoms with E-state index in [4.69, 9.17) is 4.74 Å². The van der Waals surface area contributed by atoms with Crippen LogP contribution < -0.4 is 4.90 Å². The molecule has 0 spiro atoms. The van der Waals surface area contributed by atoms with E-state index >= 15 is 0 Å². The summed E-state index contributed by atoms with van der Waals surface area (Å²) in [5, 5.41) is 18.4. The van der Waals surface area contributed by atoms with E-state index in [0.29, 0.717) is 13.2 Å². The van der Waals surface area contributed by atoms with Gasteiger partial charge in [0.15, 0.2) is 5.69 Å². The van der Waals surface area contributed by atoms with Gasteiger partial charge in [0.25, 0.3) is 5.91 Å². The molecule has 6 heteroatoms. The molecule has 6 nitrogen and oxygen atoms in total. The molecule has 1 aliphatic rings. The van der Waals surface area contributed by atoms with Gasteiger partial charge in [0.2, 0.25) is 0 Å². The van der Waals surface area contributed by atoms with Crippen molar-refractivity contribution >= 4 is 22.5 Å². The van der Waals surface area contributed by atoms with E-state index < -0.39 is 0 Å². The van der Waals surface area contributed by atoms with Gasteiger partial charge in [0.05, 0.1) is 12.1 Å². The Kier molecular flexibility index (Phi) is 3.84. The first-order valence-electron chi connectivity index (χ1n) is 7.92. The second-order valence-corrected chi connectivity index (χ2v) is 5.70. The van der Waals surface area contributed by atoms with Gasteiger partial charge in [-0.3, -0.25) is 4.79 Å². The van der Waals surface area contributed by atoms with Gasteiger partial charge in [-0.1, -0.05) is 30.3 Å². The third kappa shape index (κ3) is 2.71. The maximum Gasteiger partial charge on any atom is 0.253 e. The second-order valence-electron chi connectivity index (χ2n) is 5.70. The number of benzene rings is 2. The molecule has 2 heterocycles. The maximum atomic E-state index is 12.0. The Labute approximate surface area is 144 Å². The van der Waals surface area contributed by atoms with Crippen LogP contribution in [0, 0.1) is 11.3 Å². The molecule has 0 saturated carbocycles. The molecular weight excluding hydrogens is 316 g/mol. The monoisotopic (exact) mass is 330 g/mol. The number of amides is 1. The van der Waals surface area contributed by atoms with E-state index in [1.807, 2.05) is 48.5 Å². The highest BCUT2D eigenvalue weighted by molar-refractivity contribution is 5.98. The van der Waals surface area contributed by atoms with Gasteiger partial charge in [-0.25, -0.2) is 0 Å². The van der Waals surface area contributed by atoms with Crippen LogP contribution in [-0.2, 0) is 9.53 Å². The van der Waals surface area contributed by atoms with Gasteiger partial charge in [-0.15, -0.1) is 10.2 Å². The number of carbonyl (C=O) groups excluding carboxylic acids is 1. The molecule has 1 amide bonds. The summed E-state index contributed by atoms with van der Waals surface area (Å²) >= 11 is 0. The van der Waals surface area contributed by atoms with Crippen LogP contribution >= 0.6 is 0 Å². The Hall–Kier alpha value is -3.30. The minimum atomic E-state index is -0.0484. The van der Waals surface area contributed by atoms with Gasteiger partial charge in [-0.05, 0) is 23.8 Å². The first kappa shape index (κ1) is 15.2. The van der Waals surface area contributed by atoms with Crippen LogP contribution in [-0.4, -0.2) is 35.9 Å². The van der Waals surface area contributed by atoms with E-state index in [0.717, 1.165) is 27.7 Å². The molecule has 4 rings (SSSR count). The standard InChI is InChI=1S/C19H14N4O2/c20-11-17-19(15-3-1-2-4-16(15)21-22-17)13-5-7-14(8-6-13)23-9-10-25-12-18(23)24/h1-8H,9-10,12H2. The molecular formula is C19H14N4O2. The van der Waals surface area contributed by atoms with E-state index in [1.165, 1.54) is 0 Å². The fraction of sp³-hybridized carbons (Fsp3) is 0.158. The van der Waals surface area contributed by atoms with Gasteiger partial charge < -0.3 is 9.64 Å². The molecule has 1 aliphatic heterocycles. The van der Waals surface area contributed by atoms with Crippen LogP contribution in [0.25, 0.3) is 22.0 Å². The van der Waals surface area contributed by atoms with E-state index in [2.05, 4.69) is 16.3 Å². The number of nitriles is 1. The van der Waals surface area contributed by atoms with Crippen molar-refractivity contribution in [3.05, 3.63) is 54.2 Å². The van der Waals surface area contributed by atoms with Gasteiger partial charge >= 0.3 is 0 Å². The number of carbonyl (C=O) groups is 1. The molecule has 2 aromatic carbocycles. The summed E-state index contributed by atoms with van der Waals surface area (Å²) in [4.78, 5) is 13.7. The third-order valence-corrected chi connectivity index (χ3v) is 4.23. The van der Waals surface area contributed by atoms with Crippen molar-refractivity contribution in [2.75, 3.05) is 24.7 Å². The third-order valence-electron chi connectivity index (χ3n) is 4.23. The fourth-order valence-electron chi connectivity index (χ4n) is 3.02. The molecule has 1 aromatic heterocycles. The lowest BCUT2D eigenvalue weighted by Gasteiger charge is -2.27. The fourth-order valence-corrected chi connectivity index (χ4v) is 3.02. The molecule has 122 valence electrons. The van der Waals surface area contributed by atoms with Crippen LogP contribution in [0.1, 0.15) is 5.69 Å². The van der Waals surface area contributed by atoms with Gasteiger partial charge in [0, 0.05) is 23.2 Å². The van der Waals surface area contributed by atoms with Crippen molar-refractivity contribution in [1.82, 2.24) is 10.2 Å². The summed E-state index contributed by atoms with van der Waals surface area (Å²) in [6.07, 6.45) is 0. The number of hydrogen-bond donors (Lipinski definition) is 0. The lowest BCUT2D eigenvalue weighted by molar-refractivity contribution is -0.125. The predicted octanol–water partition coefficient (Wildman–Crippen LogP) is 2.53. The number of anilines is 1. The molecule has 0 aliphatic carbocycles. The second kappa shape index (κ2) is 6.30. The Morgan fingerprint density at radius 2 is 1.88 bits per heavy atom. The van der Waals surface area contributed by atoms with Crippen LogP contribution in [0.15, 0.2) is 48.5 Å². The Balaban J connectivity index is 1.79. The average Bonchev–Trinajstić information content (AvgIpc) is 2.67. The summed E-state index contributed by atoms with van der Waals surface area (Å²) in [5.41, 5.74) is 3.47. The highest BCUT2D eigenvalue weighted by atomic mass is 16.5. The molecule has 25 heavy (non-hydrogen) atoms. The quantitative estimate of drug-likeness (QED) is 0.721. The van der Waals surface area contributed by atoms with E-state index in [-0.39, 0.29) is 18.2 Å². The average molecular weight is 330 g/mol. The molecule has 1 saturated heterocycles. The normalized spacial score (nSPS) is 14.5. The zero-order valence-electron chi connectivity index (χ0n) is 13.3. The van der Waals surface area contributed by atoms with Crippen molar-refractivity contribution in [3.63, 3.8) is 0 Å². The Morgan fingerprint density at radius 3 is 2.64 bits per heavy atom. The first-order chi connectivity index (χ1) is 12.3. The minimum Gasteiger partial charge on any atom is -0.370 e. The molecule has 0 unspecified atom stereocenters. The van der Waals surface area contributed by atoms with Crippen molar-refractivity contribution in [1.29, 1.82) is 5.26 Å².